The highest BCUT2D eigenvalue weighted by Crippen LogP contribution is 2.66. The van der Waals surface area contributed by atoms with Gasteiger partial charge in [0, 0.05) is 6.61 Å². The summed E-state index contributed by atoms with van der Waals surface area (Å²) in [6, 6.07) is 0. The van der Waals surface area contributed by atoms with Crippen LogP contribution in [0.1, 0.15) is 59.3 Å². The first kappa shape index (κ1) is 13.9. The minimum atomic E-state index is 0.433. The summed E-state index contributed by atoms with van der Waals surface area (Å²) in [7, 11) is 0. The maximum Gasteiger partial charge on any atom is 0.0636 e. The van der Waals surface area contributed by atoms with E-state index in [1.165, 1.54) is 51.6 Å². The first-order valence-electron chi connectivity index (χ1n) is 8.36. The van der Waals surface area contributed by atoms with Crippen molar-refractivity contribution in [2.75, 3.05) is 19.7 Å². The molecule has 2 heteroatoms. The van der Waals surface area contributed by atoms with Gasteiger partial charge in [0.05, 0.1) is 6.10 Å². The van der Waals surface area contributed by atoms with Crippen molar-refractivity contribution in [3.63, 3.8) is 0 Å². The molecule has 1 N–H and O–H groups in total. The van der Waals surface area contributed by atoms with E-state index in [4.69, 9.17) is 4.74 Å². The quantitative estimate of drug-likeness (QED) is 0.838. The van der Waals surface area contributed by atoms with Gasteiger partial charge >= 0.3 is 0 Å². The largest absolute Gasteiger partial charge is 0.378 e. The number of rotatable bonds is 4. The summed E-state index contributed by atoms with van der Waals surface area (Å²) in [5.74, 6) is 1.76. The van der Waals surface area contributed by atoms with Gasteiger partial charge in [0.25, 0.3) is 0 Å². The Kier molecular flexibility index (Phi) is 3.68. The fourth-order valence-corrected chi connectivity index (χ4v) is 4.93. The van der Waals surface area contributed by atoms with E-state index in [1.807, 2.05) is 0 Å². The van der Waals surface area contributed by atoms with Gasteiger partial charge in [0.1, 0.15) is 0 Å². The molecule has 110 valence electrons. The fourth-order valence-electron chi connectivity index (χ4n) is 4.93. The second kappa shape index (κ2) is 5.04. The molecular weight excluding hydrogens is 234 g/mol. The molecule has 4 atom stereocenters. The lowest BCUT2D eigenvalue weighted by Crippen LogP contribution is -2.38. The first-order chi connectivity index (χ1) is 9.04. The number of hydrogen-bond acceptors (Lipinski definition) is 2. The topological polar surface area (TPSA) is 21.3 Å². The van der Waals surface area contributed by atoms with Gasteiger partial charge < -0.3 is 10.1 Å². The molecule has 19 heavy (non-hydrogen) atoms. The van der Waals surface area contributed by atoms with Crippen molar-refractivity contribution < 1.29 is 4.74 Å². The van der Waals surface area contributed by atoms with Crippen LogP contribution in [-0.2, 0) is 4.74 Å². The molecule has 0 radical (unpaired) electrons. The maximum atomic E-state index is 6.35. The Bertz CT molecular complexity index is 321. The molecule has 2 saturated carbocycles. The van der Waals surface area contributed by atoms with E-state index >= 15 is 0 Å². The van der Waals surface area contributed by atoms with Crippen molar-refractivity contribution in [3.05, 3.63) is 0 Å². The Labute approximate surface area is 118 Å². The third kappa shape index (κ3) is 2.25. The van der Waals surface area contributed by atoms with Crippen LogP contribution in [0.15, 0.2) is 0 Å². The van der Waals surface area contributed by atoms with Crippen LogP contribution in [0.4, 0.5) is 0 Å². The second-order valence-electron chi connectivity index (χ2n) is 7.97. The normalized spacial score (nSPS) is 44.7. The summed E-state index contributed by atoms with van der Waals surface area (Å²) in [6.07, 6.45) is 8.64. The zero-order valence-electron chi connectivity index (χ0n) is 13.0. The monoisotopic (exact) mass is 265 g/mol. The summed E-state index contributed by atoms with van der Waals surface area (Å²) < 4.78 is 6.35. The zero-order valence-corrected chi connectivity index (χ0v) is 13.0. The van der Waals surface area contributed by atoms with Crippen LogP contribution in [0.25, 0.3) is 0 Å². The highest BCUT2D eigenvalue weighted by Gasteiger charge is 2.61. The summed E-state index contributed by atoms with van der Waals surface area (Å²) in [6.45, 7) is 10.8. The highest BCUT2D eigenvalue weighted by molar-refractivity contribution is 5.11. The molecule has 1 aliphatic heterocycles. The van der Waals surface area contributed by atoms with Crippen LogP contribution in [0, 0.1) is 22.7 Å². The average Bonchev–Trinajstić information content (AvgIpc) is 2.73. The van der Waals surface area contributed by atoms with E-state index in [0.29, 0.717) is 16.9 Å². The average molecular weight is 265 g/mol. The van der Waals surface area contributed by atoms with Gasteiger partial charge in [-0.25, -0.2) is 0 Å². The van der Waals surface area contributed by atoms with E-state index in [0.717, 1.165) is 18.4 Å². The SMILES string of the molecule is CC1(C)C2CCC1(C)C(OCCC1CCCNC1)C2. The summed E-state index contributed by atoms with van der Waals surface area (Å²) >= 11 is 0. The highest BCUT2D eigenvalue weighted by atomic mass is 16.5. The molecule has 3 rings (SSSR count). The summed E-state index contributed by atoms with van der Waals surface area (Å²) in [4.78, 5) is 0. The van der Waals surface area contributed by atoms with Crippen LogP contribution in [0.3, 0.4) is 0 Å². The van der Waals surface area contributed by atoms with Crippen LogP contribution in [0.2, 0.25) is 0 Å². The molecule has 1 heterocycles. The predicted molar refractivity (Wildman–Crippen MR) is 79.2 cm³/mol. The van der Waals surface area contributed by atoms with Crippen molar-refractivity contribution in [2.45, 2.75) is 65.4 Å². The third-order valence-corrected chi connectivity index (χ3v) is 6.96. The Morgan fingerprint density at radius 2 is 2.05 bits per heavy atom. The van der Waals surface area contributed by atoms with E-state index in [-0.39, 0.29) is 0 Å². The molecule has 2 nitrogen and oxygen atoms in total. The van der Waals surface area contributed by atoms with Gasteiger partial charge in [-0.1, -0.05) is 20.8 Å². The van der Waals surface area contributed by atoms with Crippen molar-refractivity contribution in [1.82, 2.24) is 5.32 Å². The van der Waals surface area contributed by atoms with E-state index in [1.54, 1.807) is 0 Å². The number of hydrogen-bond donors (Lipinski definition) is 1. The van der Waals surface area contributed by atoms with Gasteiger partial charge in [-0.3, -0.25) is 0 Å². The smallest absolute Gasteiger partial charge is 0.0636 e. The zero-order chi connectivity index (χ0) is 13.5. The molecule has 0 aromatic heterocycles. The second-order valence-corrected chi connectivity index (χ2v) is 7.97. The molecule has 2 aliphatic carbocycles. The standard InChI is InChI=1S/C17H31NO/c1-16(2)14-6-8-17(16,3)15(11-14)19-10-7-13-5-4-9-18-12-13/h13-15,18H,4-12H2,1-3H3. The fraction of sp³-hybridized carbons (Fsp3) is 1.00. The van der Waals surface area contributed by atoms with Gasteiger partial charge in [-0.15, -0.1) is 0 Å². The van der Waals surface area contributed by atoms with Crippen LogP contribution in [0.5, 0.6) is 0 Å². The van der Waals surface area contributed by atoms with Crippen molar-refractivity contribution in [2.24, 2.45) is 22.7 Å². The van der Waals surface area contributed by atoms with E-state index in [9.17, 15) is 0 Å². The van der Waals surface area contributed by atoms with Gasteiger partial charge in [0.15, 0.2) is 0 Å². The number of piperidine rings is 1. The third-order valence-electron chi connectivity index (χ3n) is 6.96. The molecule has 0 aromatic carbocycles. The molecule has 2 bridgehead atoms. The summed E-state index contributed by atoms with van der Waals surface area (Å²) in [5, 5.41) is 3.51. The Morgan fingerprint density at radius 1 is 1.21 bits per heavy atom. The van der Waals surface area contributed by atoms with Gasteiger partial charge in [0.2, 0.25) is 0 Å². The van der Waals surface area contributed by atoms with Crippen molar-refractivity contribution in [3.8, 4) is 0 Å². The first-order valence-corrected chi connectivity index (χ1v) is 8.36. The molecule has 4 unspecified atom stereocenters. The van der Waals surface area contributed by atoms with Gasteiger partial charge in [-0.2, -0.15) is 0 Å². The van der Waals surface area contributed by atoms with Gasteiger partial charge in [-0.05, 0) is 74.3 Å². The van der Waals surface area contributed by atoms with Crippen molar-refractivity contribution >= 4 is 0 Å². The minimum absolute atomic E-state index is 0.433. The minimum Gasteiger partial charge on any atom is -0.378 e. The Balaban J connectivity index is 1.49. The van der Waals surface area contributed by atoms with Crippen LogP contribution < -0.4 is 5.32 Å². The lowest BCUT2D eigenvalue weighted by atomic mass is 9.70. The molecule has 0 spiro atoms. The molecule has 0 amide bonds. The number of nitrogens with one attached hydrogen (secondary N) is 1. The maximum absolute atomic E-state index is 6.35. The van der Waals surface area contributed by atoms with E-state index in [2.05, 4.69) is 26.1 Å². The summed E-state index contributed by atoms with van der Waals surface area (Å²) in [5.41, 5.74) is 0.923. The van der Waals surface area contributed by atoms with Crippen LogP contribution >= 0.6 is 0 Å². The predicted octanol–water partition coefficient (Wildman–Crippen LogP) is 3.61. The molecule has 3 aliphatic rings. The molecular formula is C17H31NO. The Hall–Kier alpha value is -0.0800. The van der Waals surface area contributed by atoms with E-state index < -0.39 is 0 Å². The number of ether oxygens (including phenoxy) is 1. The van der Waals surface area contributed by atoms with Crippen LogP contribution in [-0.4, -0.2) is 25.8 Å². The molecule has 1 saturated heterocycles. The molecule has 3 fully saturated rings. The molecule has 0 aromatic rings. The Morgan fingerprint density at radius 3 is 2.63 bits per heavy atom. The van der Waals surface area contributed by atoms with Crippen molar-refractivity contribution in [1.29, 1.82) is 0 Å². The lowest BCUT2D eigenvalue weighted by molar-refractivity contribution is -0.0507. The lowest BCUT2D eigenvalue weighted by Gasteiger charge is -2.39. The number of fused-ring (bicyclic) bond motifs is 2.